The molecular formula is C19H19N7O. The van der Waals surface area contributed by atoms with Gasteiger partial charge >= 0.3 is 0 Å². The van der Waals surface area contributed by atoms with Gasteiger partial charge in [-0.25, -0.2) is 0 Å². The number of aromatic amines is 1. The Bertz CT molecular complexity index is 1210. The second-order valence-electron chi connectivity index (χ2n) is 7.21. The van der Waals surface area contributed by atoms with Crippen molar-refractivity contribution in [2.75, 3.05) is 0 Å². The predicted molar refractivity (Wildman–Crippen MR) is 99.6 cm³/mol. The van der Waals surface area contributed by atoms with Crippen molar-refractivity contribution < 1.29 is 0 Å². The molecule has 8 heteroatoms. The van der Waals surface area contributed by atoms with Gasteiger partial charge in [-0.1, -0.05) is 6.07 Å². The summed E-state index contributed by atoms with van der Waals surface area (Å²) in [4.78, 5) is 14.0. The van der Waals surface area contributed by atoms with Gasteiger partial charge in [0.2, 0.25) is 5.56 Å². The molecule has 1 fully saturated rings. The average molecular weight is 361 g/mol. The van der Waals surface area contributed by atoms with Crippen LogP contribution in [0.2, 0.25) is 0 Å². The summed E-state index contributed by atoms with van der Waals surface area (Å²) in [6.45, 7) is 3.91. The Balaban J connectivity index is 1.50. The molecule has 1 aliphatic carbocycles. The molecule has 1 N–H and O–H groups in total. The number of H-pyrrole nitrogens is 1. The Hall–Kier alpha value is -3.29. The second-order valence-corrected chi connectivity index (χ2v) is 7.21. The Morgan fingerprint density at radius 2 is 1.96 bits per heavy atom. The summed E-state index contributed by atoms with van der Waals surface area (Å²) in [6, 6.07) is 7.62. The van der Waals surface area contributed by atoms with Crippen LogP contribution >= 0.6 is 0 Å². The van der Waals surface area contributed by atoms with E-state index in [0.29, 0.717) is 11.8 Å². The van der Waals surface area contributed by atoms with Gasteiger partial charge in [0.05, 0.1) is 11.4 Å². The molecule has 4 heterocycles. The second kappa shape index (κ2) is 5.60. The highest BCUT2D eigenvalue weighted by Crippen LogP contribution is 2.54. The number of pyridine rings is 1. The third kappa shape index (κ3) is 2.56. The van der Waals surface area contributed by atoms with Crippen LogP contribution in [0.1, 0.15) is 40.9 Å². The molecule has 2 atom stereocenters. The van der Waals surface area contributed by atoms with Crippen molar-refractivity contribution in [2.45, 2.75) is 32.1 Å². The van der Waals surface area contributed by atoms with Crippen molar-refractivity contribution in [3.63, 3.8) is 0 Å². The fourth-order valence-corrected chi connectivity index (χ4v) is 3.71. The Labute approximate surface area is 154 Å². The molecule has 4 aromatic rings. The van der Waals surface area contributed by atoms with Gasteiger partial charge in [-0.2, -0.15) is 14.7 Å². The molecule has 0 saturated heterocycles. The molecule has 1 aliphatic rings. The van der Waals surface area contributed by atoms with Gasteiger partial charge in [0.15, 0.2) is 11.5 Å². The minimum atomic E-state index is -0.0720. The number of hydrogen-bond acceptors (Lipinski definition) is 5. The van der Waals surface area contributed by atoms with Crippen LogP contribution < -0.4 is 5.56 Å². The van der Waals surface area contributed by atoms with Gasteiger partial charge < -0.3 is 4.98 Å². The number of aryl methyl sites for hydroxylation is 3. The molecule has 0 amide bonds. The zero-order valence-electron chi connectivity index (χ0n) is 15.3. The summed E-state index contributed by atoms with van der Waals surface area (Å²) >= 11 is 0. The van der Waals surface area contributed by atoms with E-state index in [4.69, 9.17) is 10.2 Å². The summed E-state index contributed by atoms with van der Waals surface area (Å²) in [5.41, 5.74) is 5.77. The highest BCUT2D eigenvalue weighted by molar-refractivity contribution is 5.60. The Morgan fingerprint density at radius 1 is 1.11 bits per heavy atom. The van der Waals surface area contributed by atoms with Gasteiger partial charge in [-0.05, 0) is 49.4 Å². The SMILES string of the molecule is Cc1cc(-c2cc(C3CC3c3ccc(=O)[nH]c3)nn2C)nn2c(C)nnc12. The van der Waals surface area contributed by atoms with Crippen molar-refractivity contribution >= 4 is 5.65 Å². The number of hydrogen-bond donors (Lipinski definition) is 1. The molecule has 0 aromatic carbocycles. The smallest absolute Gasteiger partial charge is 0.247 e. The summed E-state index contributed by atoms with van der Waals surface area (Å²) in [5, 5.41) is 17.7. The average Bonchev–Trinajstić information content (AvgIpc) is 3.22. The van der Waals surface area contributed by atoms with Gasteiger partial charge in [0.1, 0.15) is 5.69 Å². The van der Waals surface area contributed by atoms with Crippen LogP contribution in [0.3, 0.4) is 0 Å². The third-order valence-electron chi connectivity index (χ3n) is 5.28. The zero-order valence-corrected chi connectivity index (χ0v) is 15.3. The quantitative estimate of drug-likeness (QED) is 0.603. The molecular weight excluding hydrogens is 342 g/mol. The van der Waals surface area contributed by atoms with Crippen molar-refractivity contribution in [1.82, 2.24) is 34.6 Å². The lowest BCUT2D eigenvalue weighted by atomic mass is 10.1. The first kappa shape index (κ1) is 15.9. The lowest BCUT2D eigenvalue weighted by Crippen LogP contribution is -2.02. The molecule has 0 bridgehead atoms. The molecule has 1 saturated carbocycles. The molecule has 0 radical (unpaired) electrons. The first-order valence-corrected chi connectivity index (χ1v) is 8.94. The van der Waals surface area contributed by atoms with Crippen LogP contribution in [-0.4, -0.2) is 34.6 Å². The maximum Gasteiger partial charge on any atom is 0.247 e. The molecule has 136 valence electrons. The lowest BCUT2D eigenvalue weighted by Gasteiger charge is -2.04. The number of fused-ring (bicyclic) bond motifs is 1. The van der Waals surface area contributed by atoms with Crippen molar-refractivity contribution in [3.8, 4) is 11.4 Å². The van der Waals surface area contributed by atoms with Gasteiger partial charge in [0, 0.05) is 25.2 Å². The maximum absolute atomic E-state index is 11.3. The van der Waals surface area contributed by atoms with E-state index in [1.54, 1.807) is 10.6 Å². The fraction of sp³-hybridized carbons (Fsp3) is 0.316. The molecule has 27 heavy (non-hydrogen) atoms. The molecule has 8 nitrogen and oxygen atoms in total. The molecule has 0 aliphatic heterocycles. The zero-order chi connectivity index (χ0) is 18.7. The minimum Gasteiger partial charge on any atom is -0.329 e. The van der Waals surface area contributed by atoms with Crippen LogP contribution in [0.4, 0.5) is 0 Å². The summed E-state index contributed by atoms with van der Waals surface area (Å²) in [7, 11) is 1.94. The van der Waals surface area contributed by atoms with E-state index < -0.39 is 0 Å². The van der Waals surface area contributed by atoms with Crippen molar-refractivity contribution in [1.29, 1.82) is 0 Å². The number of nitrogens with one attached hydrogen (secondary N) is 1. The molecule has 5 rings (SSSR count). The van der Waals surface area contributed by atoms with E-state index >= 15 is 0 Å². The van der Waals surface area contributed by atoms with E-state index in [0.717, 1.165) is 46.1 Å². The summed E-state index contributed by atoms with van der Waals surface area (Å²) in [6.07, 6.45) is 2.85. The van der Waals surface area contributed by atoms with Crippen molar-refractivity contribution in [2.24, 2.45) is 7.05 Å². The van der Waals surface area contributed by atoms with E-state index in [1.165, 1.54) is 0 Å². The van der Waals surface area contributed by atoms with Crippen LogP contribution in [0, 0.1) is 13.8 Å². The third-order valence-corrected chi connectivity index (χ3v) is 5.28. The monoisotopic (exact) mass is 361 g/mol. The van der Waals surface area contributed by atoms with Crippen LogP contribution in [0.15, 0.2) is 35.3 Å². The first-order valence-electron chi connectivity index (χ1n) is 8.94. The Kier molecular flexibility index (Phi) is 3.30. The maximum atomic E-state index is 11.3. The largest absolute Gasteiger partial charge is 0.329 e. The lowest BCUT2D eigenvalue weighted by molar-refractivity contribution is 0.741. The number of nitrogens with zero attached hydrogens (tertiary/aromatic N) is 6. The summed E-state index contributed by atoms with van der Waals surface area (Å²) in [5.74, 6) is 1.54. The normalized spacial score (nSPS) is 18.9. The van der Waals surface area contributed by atoms with E-state index in [1.807, 2.05) is 43.9 Å². The van der Waals surface area contributed by atoms with E-state index in [-0.39, 0.29) is 5.56 Å². The number of rotatable bonds is 3. The fourth-order valence-electron chi connectivity index (χ4n) is 3.71. The molecule has 0 spiro atoms. The van der Waals surface area contributed by atoms with Crippen LogP contribution in [0.5, 0.6) is 0 Å². The van der Waals surface area contributed by atoms with Crippen LogP contribution in [0.25, 0.3) is 17.0 Å². The highest BCUT2D eigenvalue weighted by Gasteiger charge is 2.41. The highest BCUT2D eigenvalue weighted by atomic mass is 16.1. The topological polar surface area (TPSA) is 93.8 Å². The van der Waals surface area contributed by atoms with Gasteiger partial charge in [-0.3, -0.25) is 9.48 Å². The minimum absolute atomic E-state index is 0.0720. The first-order chi connectivity index (χ1) is 13.0. The van der Waals surface area contributed by atoms with Crippen LogP contribution in [-0.2, 0) is 7.05 Å². The van der Waals surface area contributed by atoms with Gasteiger partial charge in [0.25, 0.3) is 0 Å². The standard InChI is InChI=1S/C19H19N7O/c1-10-6-16(24-26-11(2)21-22-19(10)26)17-8-15(23-25(17)3)14-7-13(14)12-4-5-18(27)20-9-12/h4-6,8-9,13-14H,7H2,1-3H3,(H,20,27). The molecule has 4 aromatic heterocycles. The predicted octanol–water partition coefficient (Wildman–Crippen LogP) is 2.10. The Morgan fingerprint density at radius 3 is 2.74 bits per heavy atom. The van der Waals surface area contributed by atoms with Gasteiger partial charge in [-0.15, -0.1) is 10.2 Å². The molecule has 2 unspecified atom stereocenters. The number of aromatic nitrogens is 7. The van der Waals surface area contributed by atoms with E-state index in [9.17, 15) is 4.79 Å². The van der Waals surface area contributed by atoms with E-state index in [2.05, 4.69) is 21.2 Å². The van der Waals surface area contributed by atoms with Crippen molar-refractivity contribution in [3.05, 3.63) is 63.5 Å². The summed E-state index contributed by atoms with van der Waals surface area (Å²) < 4.78 is 3.66.